The van der Waals surface area contributed by atoms with Crippen LogP contribution in [0.25, 0.3) is 0 Å². The summed E-state index contributed by atoms with van der Waals surface area (Å²) in [5.74, 6) is -0.266. The van der Waals surface area contributed by atoms with E-state index in [0.29, 0.717) is 11.7 Å². The molecule has 0 aliphatic heterocycles. The number of amides is 1. The van der Waals surface area contributed by atoms with Gasteiger partial charge >= 0.3 is 5.97 Å². The Balaban J connectivity index is 2.40. The van der Waals surface area contributed by atoms with Crippen molar-refractivity contribution in [2.75, 3.05) is 13.2 Å². The molecule has 6 nitrogen and oxygen atoms in total. The van der Waals surface area contributed by atoms with E-state index in [1.807, 2.05) is 26.0 Å². The molecule has 6 heteroatoms. The van der Waals surface area contributed by atoms with E-state index >= 15 is 0 Å². The van der Waals surface area contributed by atoms with E-state index in [1.165, 1.54) is 5.56 Å². The highest BCUT2D eigenvalue weighted by atomic mass is 16.6. The van der Waals surface area contributed by atoms with Crippen LogP contribution >= 0.6 is 0 Å². The third-order valence-corrected chi connectivity index (χ3v) is 4.05. The van der Waals surface area contributed by atoms with Crippen molar-refractivity contribution in [2.24, 2.45) is 5.92 Å². The topological polar surface area (TPSA) is 88.4 Å². The largest absolute Gasteiger partial charge is 0.482 e. The number of carbonyl (C=O) groups is 2. The molecule has 1 aromatic carbocycles. The van der Waals surface area contributed by atoms with Crippen molar-refractivity contribution in [3.8, 4) is 11.8 Å². The second-order valence-electron chi connectivity index (χ2n) is 6.69. The van der Waals surface area contributed by atoms with Gasteiger partial charge in [-0.3, -0.25) is 4.79 Å². The van der Waals surface area contributed by atoms with Gasteiger partial charge in [-0.25, -0.2) is 4.79 Å². The molecule has 136 valence electrons. The van der Waals surface area contributed by atoms with Gasteiger partial charge in [-0.1, -0.05) is 39.8 Å². The first-order valence-electron chi connectivity index (χ1n) is 8.28. The molecular formula is C19H26N2O4. The smallest absolute Gasteiger partial charge is 0.344 e. The first kappa shape index (κ1) is 20.5. The van der Waals surface area contributed by atoms with Gasteiger partial charge in [0, 0.05) is 0 Å². The van der Waals surface area contributed by atoms with Crippen molar-refractivity contribution in [2.45, 2.75) is 46.1 Å². The van der Waals surface area contributed by atoms with Gasteiger partial charge in [0.15, 0.2) is 13.2 Å². The Hall–Kier alpha value is -2.55. The summed E-state index contributed by atoms with van der Waals surface area (Å²) >= 11 is 0. The van der Waals surface area contributed by atoms with Gasteiger partial charge in [0.25, 0.3) is 5.91 Å². The molecule has 25 heavy (non-hydrogen) atoms. The predicted octanol–water partition coefficient (Wildman–Crippen LogP) is 2.79. The highest BCUT2D eigenvalue weighted by Crippen LogP contribution is 2.18. The van der Waals surface area contributed by atoms with Crippen LogP contribution in [0.3, 0.4) is 0 Å². The number of hydrogen-bond acceptors (Lipinski definition) is 5. The number of carbonyl (C=O) groups excluding carboxylic acids is 2. The van der Waals surface area contributed by atoms with Crippen LogP contribution in [0.2, 0.25) is 0 Å². The van der Waals surface area contributed by atoms with E-state index in [2.05, 4.69) is 25.2 Å². The quantitative estimate of drug-likeness (QED) is 0.731. The molecule has 0 aliphatic carbocycles. The minimum atomic E-state index is -1.00. The second-order valence-corrected chi connectivity index (χ2v) is 6.69. The number of nitrogens with zero attached hydrogens (tertiary/aromatic N) is 1. The number of rotatable bonds is 8. The summed E-state index contributed by atoms with van der Waals surface area (Å²) in [5, 5.41) is 11.7. The molecule has 1 amide bonds. The van der Waals surface area contributed by atoms with Gasteiger partial charge < -0.3 is 14.8 Å². The predicted molar refractivity (Wildman–Crippen MR) is 94.0 cm³/mol. The molecule has 1 atom stereocenters. The van der Waals surface area contributed by atoms with Crippen LogP contribution < -0.4 is 10.1 Å². The molecule has 1 rings (SSSR count). The normalized spacial score (nSPS) is 13.0. The van der Waals surface area contributed by atoms with Crippen LogP contribution in [-0.2, 0) is 14.3 Å². The highest BCUT2D eigenvalue weighted by Gasteiger charge is 2.30. The minimum Gasteiger partial charge on any atom is -0.482 e. The molecule has 0 saturated heterocycles. The molecule has 0 fully saturated rings. The molecule has 1 aromatic rings. The van der Waals surface area contributed by atoms with Crippen LogP contribution in [0.1, 0.15) is 46.1 Å². The molecule has 0 aliphatic rings. The van der Waals surface area contributed by atoms with Gasteiger partial charge in [-0.05, 0) is 36.5 Å². The SMILES string of the molecule is CC(C)c1ccc(OCC(=O)OCC(=O)N[C@](C)(C#N)C(C)C)cc1. The van der Waals surface area contributed by atoms with Gasteiger partial charge in [0.1, 0.15) is 11.3 Å². The third kappa shape index (κ3) is 6.46. The first-order valence-corrected chi connectivity index (χ1v) is 8.28. The number of nitrogens with one attached hydrogen (secondary N) is 1. The molecule has 0 bridgehead atoms. The lowest BCUT2D eigenvalue weighted by Gasteiger charge is -2.27. The average molecular weight is 346 g/mol. The Bertz CT molecular complexity index is 632. The van der Waals surface area contributed by atoms with Gasteiger partial charge in [-0.2, -0.15) is 5.26 Å². The minimum absolute atomic E-state index is 0.0747. The van der Waals surface area contributed by atoms with E-state index in [-0.39, 0.29) is 12.5 Å². The number of benzene rings is 1. The number of hydrogen-bond donors (Lipinski definition) is 1. The highest BCUT2D eigenvalue weighted by molar-refractivity contribution is 5.81. The fourth-order valence-electron chi connectivity index (χ4n) is 1.91. The molecule has 0 saturated carbocycles. The van der Waals surface area contributed by atoms with E-state index in [4.69, 9.17) is 14.7 Å². The lowest BCUT2D eigenvalue weighted by Crippen LogP contribution is -2.50. The average Bonchev–Trinajstić information content (AvgIpc) is 2.58. The van der Waals surface area contributed by atoms with Gasteiger partial charge in [0.2, 0.25) is 0 Å². The van der Waals surface area contributed by atoms with Crippen molar-refractivity contribution >= 4 is 11.9 Å². The van der Waals surface area contributed by atoms with Crippen LogP contribution in [-0.4, -0.2) is 30.6 Å². The third-order valence-electron chi connectivity index (χ3n) is 4.05. The van der Waals surface area contributed by atoms with Crippen LogP contribution in [0.15, 0.2) is 24.3 Å². The van der Waals surface area contributed by atoms with E-state index in [9.17, 15) is 9.59 Å². The summed E-state index contributed by atoms with van der Waals surface area (Å²) in [7, 11) is 0. The lowest BCUT2D eigenvalue weighted by molar-refractivity contribution is -0.150. The first-order chi connectivity index (χ1) is 11.7. The summed E-state index contributed by atoms with van der Waals surface area (Å²) in [6.07, 6.45) is 0. The molecule has 0 unspecified atom stereocenters. The number of nitriles is 1. The van der Waals surface area contributed by atoms with Crippen molar-refractivity contribution in [1.29, 1.82) is 5.26 Å². The maximum atomic E-state index is 11.8. The molecule has 0 radical (unpaired) electrons. The monoisotopic (exact) mass is 346 g/mol. The fraction of sp³-hybridized carbons (Fsp3) is 0.526. The van der Waals surface area contributed by atoms with Gasteiger partial charge in [0.05, 0.1) is 6.07 Å². The summed E-state index contributed by atoms with van der Waals surface area (Å²) in [6, 6.07) is 9.51. The zero-order valence-electron chi connectivity index (χ0n) is 15.5. The zero-order chi connectivity index (χ0) is 19.0. The van der Waals surface area contributed by atoms with Crippen LogP contribution in [0, 0.1) is 17.2 Å². The molecule has 1 N–H and O–H groups in total. The second kappa shape index (κ2) is 9.07. The summed E-state index contributed by atoms with van der Waals surface area (Å²) in [6.45, 7) is 8.74. The maximum Gasteiger partial charge on any atom is 0.344 e. The Morgan fingerprint density at radius 2 is 1.76 bits per heavy atom. The standard InChI is InChI=1S/C19H26N2O4/c1-13(2)15-6-8-16(9-7-15)24-11-18(23)25-10-17(22)21-19(5,12-20)14(3)4/h6-9,13-14H,10-11H2,1-5H3,(H,21,22)/t19-/m1/s1. The lowest BCUT2D eigenvalue weighted by atomic mass is 9.90. The summed E-state index contributed by atoms with van der Waals surface area (Å²) in [4.78, 5) is 23.5. The Morgan fingerprint density at radius 3 is 2.24 bits per heavy atom. The fourth-order valence-corrected chi connectivity index (χ4v) is 1.91. The Labute approximate surface area is 149 Å². The summed E-state index contributed by atoms with van der Waals surface area (Å²) < 4.78 is 10.2. The summed E-state index contributed by atoms with van der Waals surface area (Å²) in [5.41, 5.74) is 0.176. The van der Waals surface area contributed by atoms with Crippen molar-refractivity contribution < 1.29 is 19.1 Å². The number of ether oxygens (including phenoxy) is 2. The molecular weight excluding hydrogens is 320 g/mol. The van der Waals surface area contributed by atoms with Crippen LogP contribution in [0.4, 0.5) is 0 Å². The van der Waals surface area contributed by atoms with Gasteiger partial charge in [-0.15, -0.1) is 0 Å². The van der Waals surface area contributed by atoms with Crippen molar-refractivity contribution in [3.05, 3.63) is 29.8 Å². The van der Waals surface area contributed by atoms with Crippen molar-refractivity contribution in [1.82, 2.24) is 5.32 Å². The van der Waals surface area contributed by atoms with E-state index < -0.39 is 24.0 Å². The van der Waals surface area contributed by atoms with E-state index in [1.54, 1.807) is 19.1 Å². The molecule has 0 spiro atoms. The zero-order valence-corrected chi connectivity index (χ0v) is 15.5. The Kier molecular flexibility index (Phi) is 7.43. The van der Waals surface area contributed by atoms with E-state index in [0.717, 1.165) is 0 Å². The number of esters is 1. The van der Waals surface area contributed by atoms with Crippen LogP contribution in [0.5, 0.6) is 5.75 Å². The van der Waals surface area contributed by atoms with Crippen molar-refractivity contribution in [3.63, 3.8) is 0 Å². The molecule has 0 heterocycles. The maximum absolute atomic E-state index is 11.8. The Morgan fingerprint density at radius 1 is 1.16 bits per heavy atom. The molecule has 0 aromatic heterocycles.